The minimum atomic E-state index is -1.10. The fourth-order valence-corrected chi connectivity index (χ4v) is 1.50. The normalized spacial score (nSPS) is 20.1. The molecule has 2 N–H and O–H groups in total. The van der Waals surface area contributed by atoms with Crippen LogP contribution in [0.3, 0.4) is 0 Å². The van der Waals surface area contributed by atoms with Gasteiger partial charge in [-0.2, -0.15) is 0 Å². The fraction of sp³-hybridized carbons (Fsp3) is 0.833. The number of esters is 2. The first-order valence-corrected chi connectivity index (χ1v) is 5.88. The van der Waals surface area contributed by atoms with Crippen molar-refractivity contribution in [1.82, 2.24) is 0 Å². The van der Waals surface area contributed by atoms with Gasteiger partial charge in [0, 0.05) is 0 Å². The van der Waals surface area contributed by atoms with Crippen LogP contribution in [-0.2, 0) is 19.1 Å². The minimum absolute atomic E-state index is 0.467. The molecule has 0 aromatic rings. The van der Waals surface area contributed by atoms with Crippen LogP contribution in [0.1, 0.15) is 47.0 Å². The van der Waals surface area contributed by atoms with Crippen molar-refractivity contribution in [3.8, 4) is 0 Å². The lowest BCUT2D eigenvalue weighted by Gasteiger charge is -2.40. The average molecular weight is 243 g/mol. The van der Waals surface area contributed by atoms with Crippen molar-refractivity contribution in [2.45, 2.75) is 64.2 Å². The van der Waals surface area contributed by atoms with Gasteiger partial charge in [-0.1, -0.05) is 0 Å². The van der Waals surface area contributed by atoms with Crippen LogP contribution in [0.5, 0.6) is 0 Å². The van der Waals surface area contributed by atoms with Crippen LogP contribution < -0.4 is 5.73 Å². The van der Waals surface area contributed by atoms with E-state index in [2.05, 4.69) is 0 Å². The van der Waals surface area contributed by atoms with Gasteiger partial charge in [-0.3, -0.25) is 4.79 Å². The molecule has 0 spiro atoms. The Morgan fingerprint density at radius 2 is 1.82 bits per heavy atom. The molecule has 5 nitrogen and oxygen atoms in total. The van der Waals surface area contributed by atoms with Crippen molar-refractivity contribution in [3.05, 3.63) is 0 Å². The summed E-state index contributed by atoms with van der Waals surface area (Å²) in [6.07, 6.45) is 1.88. The molecule has 1 saturated carbocycles. The van der Waals surface area contributed by atoms with Crippen LogP contribution >= 0.6 is 0 Å². The van der Waals surface area contributed by atoms with Crippen molar-refractivity contribution in [3.63, 3.8) is 0 Å². The molecule has 1 rings (SSSR count). The molecule has 1 atom stereocenters. The molecule has 0 aliphatic heterocycles. The number of hydrogen-bond donors (Lipinski definition) is 1. The van der Waals surface area contributed by atoms with Crippen molar-refractivity contribution in [1.29, 1.82) is 0 Å². The van der Waals surface area contributed by atoms with Crippen molar-refractivity contribution in [2.75, 3.05) is 0 Å². The van der Waals surface area contributed by atoms with Crippen molar-refractivity contribution >= 4 is 11.9 Å². The zero-order chi connectivity index (χ0) is 13.3. The van der Waals surface area contributed by atoms with Gasteiger partial charge < -0.3 is 15.2 Å². The quantitative estimate of drug-likeness (QED) is 0.752. The number of carbonyl (C=O) groups excluding carboxylic acids is 2. The molecule has 1 aliphatic rings. The molecular formula is C12H21NO4. The lowest BCUT2D eigenvalue weighted by molar-refractivity contribution is -0.201. The number of ether oxygens (including phenoxy) is 2. The van der Waals surface area contributed by atoms with Gasteiger partial charge in [-0.25, -0.2) is 4.79 Å². The summed E-state index contributed by atoms with van der Waals surface area (Å²) in [6, 6.07) is -0.727. The van der Waals surface area contributed by atoms with Crippen LogP contribution in [0.2, 0.25) is 0 Å². The maximum absolute atomic E-state index is 12.0. The largest absolute Gasteiger partial charge is 0.457 e. The highest BCUT2D eigenvalue weighted by atomic mass is 16.6. The van der Waals surface area contributed by atoms with Gasteiger partial charge in [0.05, 0.1) is 0 Å². The van der Waals surface area contributed by atoms with Gasteiger partial charge in [0.1, 0.15) is 11.6 Å². The lowest BCUT2D eigenvalue weighted by atomic mass is 9.80. The Labute approximate surface area is 102 Å². The molecule has 1 aliphatic carbocycles. The van der Waals surface area contributed by atoms with Gasteiger partial charge in [0.15, 0.2) is 0 Å². The zero-order valence-electron chi connectivity index (χ0n) is 10.9. The molecule has 0 amide bonds. The van der Waals surface area contributed by atoms with Crippen LogP contribution in [0.15, 0.2) is 0 Å². The van der Waals surface area contributed by atoms with Gasteiger partial charge in [0.2, 0.25) is 5.60 Å². The Morgan fingerprint density at radius 3 is 2.12 bits per heavy atom. The number of hydrogen-bond acceptors (Lipinski definition) is 5. The molecule has 0 bridgehead atoms. The maximum Gasteiger partial charge on any atom is 0.351 e. The van der Waals surface area contributed by atoms with Crippen LogP contribution in [-0.4, -0.2) is 29.2 Å². The SMILES string of the molecule is CC(N)C(=O)OC1(C(=O)OC(C)(C)C)CCC1. The molecule has 0 aromatic carbocycles. The Bertz CT molecular complexity index is 313. The summed E-state index contributed by atoms with van der Waals surface area (Å²) in [7, 11) is 0. The predicted molar refractivity (Wildman–Crippen MR) is 62.2 cm³/mol. The van der Waals surface area contributed by atoms with Gasteiger partial charge in [-0.05, 0) is 47.0 Å². The van der Waals surface area contributed by atoms with Crippen LogP contribution in [0, 0.1) is 0 Å². The standard InChI is InChI=1S/C12H21NO4/c1-8(13)9(14)16-12(6-5-7-12)10(15)17-11(2,3)4/h8H,5-7,13H2,1-4H3. The van der Waals surface area contributed by atoms with Gasteiger partial charge in [-0.15, -0.1) is 0 Å². The first-order chi connectivity index (χ1) is 7.66. The lowest BCUT2D eigenvalue weighted by Crippen LogP contribution is -2.53. The fourth-order valence-electron chi connectivity index (χ4n) is 1.50. The average Bonchev–Trinajstić information content (AvgIpc) is 2.07. The Balaban J connectivity index is 2.69. The molecule has 0 heterocycles. The summed E-state index contributed by atoms with van der Waals surface area (Å²) in [5.41, 5.74) is 3.74. The first kappa shape index (κ1) is 14.0. The minimum Gasteiger partial charge on any atom is -0.457 e. The second-order valence-corrected chi connectivity index (χ2v) is 5.56. The highest BCUT2D eigenvalue weighted by molar-refractivity contribution is 5.86. The summed E-state index contributed by atoms with van der Waals surface area (Å²) in [4.78, 5) is 23.4. The molecule has 98 valence electrons. The van der Waals surface area contributed by atoms with E-state index in [1.165, 1.54) is 6.92 Å². The van der Waals surface area contributed by atoms with E-state index in [1.807, 2.05) is 0 Å². The Hall–Kier alpha value is -1.10. The van der Waals surface area contributed by atoms with Gasteiger partial charge in [0.25, 0.3) is 0 Å². The smallest absolute Gasteiger partial charge is 0.351 e. The molecule has 0 aromatic heterocycles. The zero-order valence-corrected chi connectivity index (χ0v) is 10.9. The van der Waals surface area contributed by atoms with E-state index in [1.54, 1.807) is 20.8 Å². The molecule has 5 heteroatoms. The summed E-state index contributed by atoms with van der Waals surface area (Å²) in [5.74, 6) is -1.03. The van der Waals surface area contributed by atoms with Crippen LogP contribution in [0.4, 0.5) is 0 Å². The third kappa shape index (κ3) is 3.43. The second-order valence-electron chi connectivity index (χ2n) is 5.56. The van der Waals surface area contributed by atoms with E-state index in [9.17, 15) is 9.59 Å². The third-order valence-electron chi connectivity index (χ3n) is 2.60. The van der Waals surface area contributed by atoms with E-state index in [0.717, 1.165) is 6.42 Å². The van der Waals surface area contributed by atoms with E-state index in [0.29, 0.717) is 12.8 Å². The van der Waals surface area contributed by atoms with Gasteiger partial charge >= 0.3 is 11.9 Å². The summed E-state index contributed by atoms with van der Waals surface area (Å²) in [5, 5.41) is 0. The highest BCUT2D eigenvalue weighted by Gasteiger charge is 2.50. The van der Waals surface area contributed by atoms with E-state index in [4.69, 9.17) is 15.2 Å². The summed E-state index contributed by atoms with van der Waals surface area (Å²) < 4.78 is 10.5. The highest BCUT2D eigenvalue weighted by Crippen LogP contribution is 2.38. The van der Waals surface area contributed by atoms with Crippen molar-refractivity contribution in [2.24, 2.45) is 5.73 Å². The Morgan fingerprint density at radius 1 is 1.29 bits per heavy atom. The molecule has 1 fully saturated rings. The molecule has 0 saturated heterocycles. The monoisotopic (exact) mass is 243 g/mol. The maximum atomic E-state index is 12.0. The Kier molecular flexibility index (Phi) is 3.81. The number of carbonyl (C=O) groups is 2. The molecular weight excluding hydrogens is 222 g/mol. The third-order valence-corrected chi connectivity index (χ3v) is 2.60. The first-order valence-electron chi connectivity index (χ1n) is 5.88. The predicted octanol–water partition coefficient (Wildman–Crippen LogP) is 1.14. The van der Waals surface area contributed by atoms with E-state index >= 15 is 0 Å². The second kappa shape index (κ2) is 4.64. The molecule has 1 unspecified atom stereocenters. The van der Waals surface area contributed by atoms with E-state index < -0.39 is 29.2 Å². The summed E-state index contributed by atoms with van der Waals surface area (Å²) in [6.45, 7) is 6.88. The number of rotatable bonds is 3. The van der Waals surface area contributed by atoms with E-state index in [-0.39, 0.29) is 0 Å². The molecule has 0 radical (unpaired) electrons. The van der Waals surface area contributed by atoms with Crippen molar-refractivity contribution < 1.29 is 19.1 Å². The molecule has 17 heavy (non-hydrogen) atoms. The summed E-state index contributed by atoms with van der Waals surface area (Å²) >= 11 is 0. The van der Waals surface area contributed by atoms with Crippen LogP contribution in [0.25, 0.3) is 0 Å². The number of nitrogens with two attached hydrogens (primary N) is 1. The topological polar surface area (TPSA) is 78.6 Å².